The van der Waals surface area contributed by atoms with Crippen LogP contribution in [0.2, 0.25) is 0 Å². The van der Waals surface area contributed by atoms with Crippen molar-refractivity contribution < 1.29 is 14.9 Å². The Kier molecular flexibility index (Phi) is 2.47. The molecule has 1 aliphatic rings. The molecule has 0 bridgehead atoms. The van der Waals surface area contributed by atoms with Crippen molar-refractivity contribution in [1.29, 1.82) is 0 Å². The molecule has 0 aliphatic carbocycles. The van der Waals surface area contributed by atoms with Crippen molar-refractivity contribution in [3.8, 4) is 0 Å². The van der Waals surface area contributed by atoms with Crippen molar-refractivity contribution in [2.45, 2.75) is 50.9 Å². The Morgan fingerprint density at radius 3 is 2.50 bits per heavy atom. The first-order valence-electron chi connectivity index (χ1n) is 4.38. The minimum atomic E-state index is -1.09. The second-order valence-electron chi connectivity index (χ2n) is 4.46. The third-order valence-electron chi connectivity index (χ3n) is 2.49. The smallest absolute Gasteiger partial charge is 0.111 e. The van der Waals surface area contributed by atoms with Crippen molar-refractivity contribution >= 4 is 0 Å². The SMILES string of the molecule is CC1(C)CC[C@H](O)[C@](C)(O)CO1. The van der Waals surface area contributed by atoms with Gasteiger partial charge in [-0.2, -0.15) is 0 Å². The van der Waals surface area contributed by atoms with Crippen molar-refractivity contribution in [2.24, 2.45) is 0 Å². The molecule has 3 nitrogen and oxygen atoms in total. The molecule has 0 saturated carbocycles. The van der Waals surface area contributed by atoms with Gasteiger partial charge in [-0.05, 0) is 33.6 Å². The molecule has 0 spiro atoms. The molecule has 0 aromatic rings. The van der Waals surface area contributed by atoms with E-state index >= 15 is 0 Å². The van der Waals surface area contributed by atoms with E-state index in [-0.39, 0.29) is 12.2 Å². The zero-order valence-electron chi connectivity index (χ0n) is 8.00. The average molecular weight is 174 g/mol. The molecule has 3 heteroatoms. The van der Waals surface area contributed by atoms with E-state index in [9.17, 15) is 10.2 Å². The zero-order chi connectivity index (χ0) is 9.41. The molecule has 0 unspecified atom stereocenters. The largest absolute Gasteiger partial charge is 0.390 e. The number of ether oxygens (including phenoxy) is 1. The Bertz CT molecular complexity index is 163. The van der Waals surface area contributed by atoms with E-state index in [1.807, 2.05) is 13.8 Å². The second-order valence-corrected chi connectivity index (χ2v) is 4.46. The highest BCUT2D eigenvalue weighted by Gasteiger charge is 2.37. The van der Waals surface area contributed by atoms with Crippen LogP contribution in [0, 0.1) is 0 Å². The van der Waals surface area contributed by atoms with Crippen LogP contribution in [0.25, 0.3) is 0 Å². The topological polar surface area (TPSA) is 49.7 Å². The highest BCUT2D eigenvalue weighted by Crippen LogP contribution is 2.28. The van der Waals surface area contributed by atoms with Crippen molar-refractivity contribution in [1.82, 2.24) is 0 Å². The molecule has 1 rings (SSSR count). The van der Waals surface area contributed by atoms with Crippen LogP contribution in [0.4, 0.5) is 0 Å². The van der Waals surface area contributed by atoms with Crippen molar-refractivity contribution in [3.05, 3.63) is 0 Å². The Balaban J connectivity index is 2.66. The number of hydrogen-bond donors (Lipinski definition) is 2. The van der Waals surface area contributed by atoms with Crippen LogP contribution in [0.15, 0.2) is 0 Å². The summed E-state index contributed by atoms with van der Waals surface area (Å²) in [4.78, 5) is 0. The monoisotopic (exact) mass is 174 g/mol. The number of rotatable bonds is 0. The maximum Gasteiger partial charge on any atom is 0.111 e. The van der Waals surface area contributed by atoms with Crippen LogP contribution in [-0.2, 0) is 4.74 Å². The Labute approximate surface area is 73.4 Å². The van der Waals surface area contributed by atoms with Gasteiger partial charge in [0, 0.05) is 0 Å². The summed E-state index contributed by atoms with van der Waals surface area (Å²) in [6.07, 6.45) is 0.712. The molecule has 1 aliphatic heterocycles. The number of aliphatic hydroxyl groups excluding tert-OH is 1. The fourth-order valence-corrected chi connectivity index (χ4v) is 1.31. The maximum absolute atomic E-state index is 9.68. The third-order valence-corrected chi connectivity index (χ3v) is 2.49. The zero-order valence-corrected chi connectivity index (χ0v) is 8.00. The fraction of sp³-hybridized carbons (Fsp3) is 1.00. The van der Waals surface area contributed by atoms with E-state index in [1.54, 1.807) is 6.92 Å². The van der Waals surface area contributed by atoms with Crippen LogP contribution in [0.5, 0.6) is 0 Å². The van der Waals surface area contributed by atoms with E-state index in [1.165, 1.54) is 0 Å². The normalized spacial score (nSPS) is 42.2. The van der Waals surface area contributed by atoms with E-state index in [0.717, 1.165) is 6.42 Å². The minimum Gasteiger partial charge on any atom is -0.390 e. The van der Waals surface area contributed by atoms with E-state index in [2.05, 4.69) is 0 Å². The lowest BCUT2D eigenvalue weighted by Gasteiger charge is -2.27. The highest BCUT2D eigenvalue weighted by atomic mass is 16.5. The molecule has 0 radical (unpaired) electrons. The molecule has 0 aromatic heterocycles. The standard InChI is InChI=1S/C9H18O3/c1-8(2)5-4-7(10)9(3,11)6-12-8/h7,10-11H,4-6H2,1-3H3/t7-,9+/m0/s1. The first-order valence-corrected chi connectivity index (χ1v) is 4.38. The molecule has 1 saturated heterocycles. The molecular formula is C9H18O3. The minimum absolute atomic E-state index is 0.209. The van der Waals surface area contributed by atoms with Gasteiger partial charge in [0.2, 0.25) is 0 Å². The molecule has 0 amide bonds. The van der Waals surface area contributed by atoms with Gasteiger partial charge in [-0.25, -0.2) is 0 Å². The Hall–Kier alpha value is -0.120. The third kappa shape index (κ3) is 2.19. The summed E-state index contributed by atoms with van der Waals surface area (Å²) in [5.41, 5.74) is -1.31. The van der Waals surface area contributed by atoms with Gasteiger partial charge in [-0.3, -0.25) is 0 Å². The van der Waals surface area contributed by atoms with Gasteiger partial charge in [0.1, 0.15) is 5.60 Å². The van der Waals surface area contributed by atoms with E-state index < -0.39 is 11.7 Å². The summed E-state index contributed by atoms with van der Waals surface area (Å²) in [7, 11) is 0. The van der Waals surface area contributed by atoms with Gasteiger partial charge >= 0.3 is 0 Å². The fourth-order valence-electron chi connectivity index (χ4n) is 1.31. The molecule has 2 atom stereocenters. The lowest BCUT2D eigenvalue weighted by molar-refractivity contribution is -0.118. The van der Waals surface area contributed by atoms with Crippen LogP contribution in [0.1, 0.15) is 33.6 Å². The van der Waals surface area contributed by atoms with Gasteiger partial charge in [-0.1, -0.05) is 0 Å². The molecule has 0 aromatic carbocycles. The first kappa shape index (κ1) is 9.96. The van der Waals surface area contributed by atoms with Gasteiger partial charge in [0.05, 0.1) is 18.3 Å². The van der Waals surface area contributed by atoms with Gasteiger partial charge in [0.25, 0.3) is 0 Å². The molecule has 1 heterocycles. The summed E-state index contributed by atoms with van der Waals surface area (Å²) in [6, 6.07) is 0. The number of hydrogen-bond acceptors (Lipinski definition) is 3. The van der Waals surface area contributed by atoms with E-state index in [4.69, 9.17) is 4.74 Å². The molecule has 1 fully saturated rings. The molecule has 72 valence electrons. The van der Waals surface area contributed by atoms with Crippen LogP contribution in [0.3, 0.4) is 0 Å². The molecule has 2 N–H and O–H groups in total. The summed E-state index contributed by atoms with van der Waals surface area (Å²) in [5.74, 6) is 0. The summed E-state index contributed by atoms with van der Waals surface area (Å²) >= 11 is 0. The van der Waals surface area contributed by atoms with Gasteiger partial charge in [-0.15, -0.1) is 0 Å². The average Bonchev–Trinajstić information content (AvgIpc) is 2.03. The Morgan fingerprint density at radius 1 is 1.33 bits per heavy atom. The summed E-state index contributed by atoms with van der Waals surface area (Å²) in [5, 5.41) is 19.2. The number of aliphatic hydroxyl groups is 2. The maximum atomic E-state index is 9.68. The van der Waals surface area contributed by atoms with Gasteiger partial charge in [0.15, 0.2) is 0 Å². The van der Waals surface area contributed by atoms with Gasteiger partial charge < -0.3 is 14.9 Å². The lowest BCUT2D eigenvalue weighted by atomic mass is 9.94. The quantitative estimate of drug-likeness (QED) is 0.568. The van der Waals surface area contributed by atoms with E-state index in [0.29, 0.717) is 6.42 Å². The second kappa shape index (κ2) is 2.98. The van der Waals surface area contributed by atoms with Crippen molar-refractivity contribution in [2.75, 3.05) is 6.61 Å². The first-order chi connectivity index (χ1) is 5.33. The predicted molar refractivity (Wildman–Crippen MR) is 45.9 cm³/mol. The Morgan fingerprint density at radius 2 is 1.92 bits per heavy atom. The van der Waals surface area contributed by atoms with Crippen LogP contribution in [-0.4, -0.2) is 34.1 Å². The lowest BCUT2D eigenvalue weighted by Crippen LogP contribution is -2.42. The summed E-state index contributed by atoms with van der Waals surface area (Å²) in [6.45, 7) is 5.77. The predicted octanol–water partition coefficient (Wildman–Crippen LogP) is 0.687. The van der Waals surface area contributed by atoms with Crippen molar-refractivity contribution in [3.63, 3.8) is 0 Å². The molecule has 12 heavy (non-hydrogen) atoms. The van der Waals surface area contributed by atoms with Crippen LogP contribution >= 0.6 is 0 Å². The molecular weight excluding hydrogens is 156 g/mol. The van der Waals surface area contributed by atoms with Crippen LogP contribution < -0.4 is 0 Å². The summed E-state index contributed by atoms with van der Waals surface area (Å²) < 4.78 is 5.47. The highest BCUT2D eigenvalue weighted by molar-refractivity contribution is 4.88.